The highest BCUT2D eigenvalue weighted by atomic mass is 35.5. The van der Waals surface area contributed by atoms with Gasteiger partial charge in [0.2, 0.25) is 5.91 Å². The van der Waals surface area contributed by atoms with Gasteiger partial charge in [0.1, 0.15) is 11.5 Å². The number of likely N-dealkylation sites (N-methyl/N-ethyl adjacent to an activating group) is 1. The molecule has 0 bridgehead atoms. The van der Waals surface area contributed by atoms with Crippen molar-refractivity contribution in [1.82, 2.24) is 9.80 Å². The maximum atomic E-state index is 12.3. The molecular formula is C14H23ClN2O2. The van der Waals surface area contributed by atoms with Crippen LogP contribution < -0.4 is 0 Å². The van der Waals surface area contributed by atoms with Crippen LogP contribution in [0.4, 0.5) is 0 Å². The molecule has 0 aliphatic heterocycles. The number of aryl methyl sites for hydroxylation is 1. The largest absolute Gasteiger partial charge is 0.464 e. The van der Waals surface area contributed by atoms with Crippen LogP contribution in [0.25, 0.3) is 0 Å². The van der Waals surface area contributed by atoms with E-state index < -0.39 is 0 Å². The second kappa shape index (κ2) is 7.56. The van der Waals surface area contributed by atoms with E-state index in [-0.39, 0.29) is 11.8 Å². The predicted octanol–water partition coefficient (Wildman–Crippen LogP) is 2.35. The van der Waals surface area contributed by atoms with Crippen molar-refractivity contribution in [1.29, 1.82) is 0 Å². The molecule has 0 aromatic carbocycles. The van der Waals surface area contributed by atoms with Gasteiger partial charge >= 0.3 is 0 Å². The Morgan fingerprint density at radius 3 is 2.53 bits per heavy atom. The van der Waals surface area contributed by atoms with Crippen LogP contribution in [0.2, 0.25) is 0 Å². The van der Waals surface area contributed by atoms with Gasteiger partial charge < -0.3 is 14.2 Å². The Morgan fingerprint density at radius 2 is 2.05 bits per heavy atom. The predicted molar refractivity (Wildman–Crippen MR) is 77.3 cm³/mol. The molecule has 0 fully saturated rings. The Labute approximate surface area is 120 Å². The van der Waals surface area contributed by atoms with Gasteiger partial charge in [-0.2, -0.15) is 0 Å². The van der Waals surface area contributed by atoms with Crippen molar-refractivity contribution in [2.75, 3.05) is 33.1 Å². The molecule has 0 spiro atoms. The number of nitrogens with zero attached hydrogens (tertiary/aromatic N) is 2. The molecule has 0 saturated carbocycles. The van der Waals surface area contributed by atoms with Crippen LogP contribution in [-0.2, 0) is 11.3 Å². The van der Waals surface area contributed by atoms with E-state index in [0.29, 0.717) is 19.0 Å². The van der Waals surface area contributed by atoms with E-state index in [2.05, 4.69) is 4.90 Å². The van der Waals surface area contributed by atoms with Crippen molar-refractivity contribution in [2.45, 2.75) is 20.4 Å². The summed E-state index contributed by atoms with van der Waals surface area (Å²) in [5.41, 5.74) is 0. The fraction of sp³-hybridized carbons (Fsp3) is 0.643. The van der Waals surface area contributed by atoms with Gasteiger partial charge in [0, 0.05) is 24.9 Å². The maximum Gasteiger partial charge on any atom is 0.227 e. The standard InChI is InChI=1S/C14H23ClN2O2/c1-11(9-15)14(18)17(8-7-16(3)4)10-13-6-5-12(2)19-13/h5-6,11H,7-10H2,1-4H3. The molecule has 1 unspecified atom stereocenters. The molecule has 1 aromatic rings. The highest BCUT2D eigenvalue weighted by Crippen LogP contribution is 2.13. The van der Waals surface area contributed by atoms with Crippen LogP contribution >= 0.6 is 11.6 Å². The van der Waals surface area contributed by atoms with Gasteiger partial charge in [-0.05, 0) is 33.2 Å². The fourth-order valence-corrected chi connectivity index (χ4v) is 1.86. The van der Waals surface area contributed by atoms with Crippen LogP contribution in [0.5, 0.6) is 0 Å². The summed E-state index contributed by atoms with van der Waals surface area (Å²) in [6.07, 6.45) is 0. The van der Waals surface area contributed by atoms with Crippen LogP contribution in [0.1, 0.15) is 18.4 Å². The molecule has 0 aliphatic carbocycles. The molecule has 5 heteroatoms. The third-order valence-corrected chi connectivity index (χ3v) is 3.39. The normalized spacial score (nSPS) is 12.7. The first kappa shape index (κ1) is 16.1. The molecular weight excluding hydrogens is 264 g/mol. The Balaban J connectivity index is 2.70. The van der Waals surface area contributed by atoms with Gasteiger partial charge in [0.25, 0.3) is 0 Å². The van der Waals surface area contributed by atoms with Crippen molar-refractivity contribution < 1.29 is 9.21 Å². The minimum atomic E-state index is -0.167. The average molecular weight is 287 g/mol. The number of hydrogen-bond donors (Lipinski definition) is 0. The van der Waals surface area contributed by atoms with Gasteiger partial charge in [0.15, 0.2) is 0 Å². The number of carbonyl (C=O) groups excluding carboxylic acids is 1. The third-order valence-electron chi connectivity index (χ3n) is 2.92. The van der Waals surface area contributed by atoms with Gasteiger partial charge in [-0.3, -0.25) is 4.79 Å². The first-order chi connectivity index (χ1) is 8.93. The quantitative estimate of drug-likeness (QED) is 0.722. The number of halogens is 1. The van der Waals surface area contributed by atoms with E-state index in [4.69, 9.17) is 16.0 Å². The van der Waals surface area contributed by atoms with Crippen molar-refractivity contribution in [3.8, 4) is 0 Å². The number of carbonyl (C=O) groups is 1. The zero-order valence-electron chi connectivity index (χ0n) is 12.1. The van der Waals surface area contributed by atoms with E-state index in [9.17, 15) is 4.79 Å². The summed E-state index contributed by atoms with van der Waals surface area (Å²) in [7, 11) is 3.98. The molecule has 108 valence electrons. The number of rotatable bonds is 7. The van der Waals surface area contributed by atoms with Crippen LogP contribution in [0.15, 0.2) is 16.5 Å². The zero-order chi connectivity index (χ0) is 14.4. The molecule has 4 nitrogen and oxygen atoms in total. The Kier molecular flexibility index (Phi) is 6.38. The Morgan fingerprint density at radius 1 is 1.37 bits per heavy atom. The van der Waals surface area contributed by atoms with E-state index in [0.717, 1.165) is 18.1 Å². The molecule has 1 heterocycles. The fourth-order valence-electron chi connectivity index (χ4n) is 1.72. The van der Waals surface area contributed by atoms with Crippen LogP contribution in [0, 0.1) is 12.8 Å². The van der Waals surface area contributed by atoms with Gasteiger partial charge in [-0.15, -0.1) is 11.6 Å². The lowest BCUT2D eigenvalue weighted by Crippen LogP contribution is -2.39. The number of furan rings is 1. The average Bonchev–Trinajstić information content (AvgIpc) is 2.77. The maximum absolute atomic E-state index is 12.3. The summed E-state index contributed by atoms with van der Waals surface area (Å²) in [4.78, 5) is 16.1. The molecule has 1 atom stereocenters. The highest BCUT2D eigenvalue weighted by molar-refractivity contribution is 6.19. The minimum absolute atomic E-state index is 0.0749. The molecule has 0 radical (unpaired) electrons. The minimum Gasteiger partial charge on any atom is -0.464 e. The smallest absolute Gasteiger partial charge is 0.227 e. The molecule has 1 aromatic heterocycles. The summed E-state index contributed by atoms with van der Waals surface area (Å²) in [5.74, 6) is 1.92. The highest BCUT2D eigenvalue weighted by Gasteiger charge is 2.21. The van der Waals surface area contributed by atoms with Gasteiger partial charge in [-0.25, -0.2) is 0 Å². The van der Waals surface area contributed by atoms with Crippen molar-refractivity contribution in [3.05, 3.63) is 23.7 Å². The third kappa shape index (κ3) is 5.25. The van der Waals surface area contributed by atoms with Crippen molar-refractivity contribution in [2.24, 2.45) is 5.92 Å². The number of alkyl halides is 1. The van der Waals surface area contributed by atoms with Crippen molar-refractivity contribution in [3.63, 3.8) is 0 Å². The first-order valence-corrected chi connectivity index (χ1v) is 7.02. The number of amides is 1. The van der Waals surface area contributed by atoms with E-state index in [1.165, 1.54) is 0 Å². The zero-order valence-corrected chi connectivity index (χ0v) is 12.9. The monoisotopic (exact) mass is 286 g/mol. The molecule has 1 amide bonds. The summed E-state index contributed by atoms with van der Waals surface area (Å²) in [6, 6.07) is 3.82. The lowest BCUT2D eigenvalue weighted by Gasteiger charge is -2.25. The van der Waals surface area contributed by atoms with Crippen molar-refractivity contribution >= 4 is 17.5 Å². The Bertz CT molecular complexity index is 404. The summed E-state index contributed by atoms with van der Waals surface area (Å²) in [5, 5.41) is 0. The topological polar surface area (TPSA) is 36.7 Å². The second-order valence-corrected chi connectivity index (χ2v) is 5.44. The van der Waals surface area contributed by atoms with Crippen LogP contribution in [-0.4, -0.2) is 48.8 Å². The second-order valence-electron chi connectivity index (χ2n) is 5.13. The van der Waals surface area contributed by atoms with Gasteiger partial charge in [-0.1, -0.05) is 6.92 Å². The summed E-state index contributed by atoms with van der Waals surface area (Å²) >= 11 is 5.78. The summed E-state index contributed by atoms with van der Waals surface area (Å²) < 4.78 is 5.54. The van der Waals surface area contributed by atoms with Gasteiger partial charge in [0.05, 0.1) is 6.54 Å². The molecule has 1 rings (SSSR count). The molecule has 19 heavy (non-hydrogen) atoms. The molecule has 0 saturated heterocycles. The number of hydrogen-bond acceptors (Lipinski definition) is 3. The molecule has 0 aliphatic rings. The summed E-state index contributed by atoms with van der Waals surface area (Å²) in [6.45, 7) is 5.75. The lowest BCUT2D eigenvalue weighted by molar-refractivity contribution is -0.135. The molecule has 0 N–H and O–H groups in total. The van der Waals surface area contributed by atoms with E-state index in [1.807, 2.05) is 45.0 Å². The van der Waals surface area contributed by atoms with E-state index in [1.54, 1.807) is 0 Å². The van der Waals surface area contributed by atoms with E-state index >= 15 is 0 Å². The van der Waals surface area contributed by atoms with Crippen LogP contribution in [0.3, 0.4) is 0 Å². The Hall–Kier alpha value is -1.00. The lowest BCUT2D eigenvalue weighted by atomic mass is 10.2. The first-order valence-electron chi connectivity index (χ1n) is 6.48. The SMILES string of the molecule is Cc1ccc(CN(CCN(C)C)C(=O)C(C)CCl)o1.